The fourth-order valence-electron chi connectivity index (χ4n) is 4.69. The van der Waals surface area contributed by atoms with Gasteiger partial charge in [0.1, 0.15) is 0 Å². The first-order chi connectivity index (χ1) is 12.6. The maximum absolute atomic E-state index is 3.71. The summed E-state index contributed by atoms with van der Waals surface area (Å²) in [5, 5.41) is 1.30. The Kier molecular flexibility index (Phi) is 3.63. The van der Waals surface area contributed by atoms with Crippen molar-refractivity contribution >= 4 is 42.1 Å². The summed E-state index contributed by atoms with van der Waals surface area (Å²) < 4.78 is 3.75. The second-order valence-electron chi connectivity index (χ2n) is 7.62. The van der Waals surface area contributed by atoms with Gasteiger partial charge in [0.15, 0.2) is 0 Å². The van der Waals surface area contributed by atoms with E-state index in [4.69, 9.17) is 0 Å². The molecular weight excluding hydrogens is 397 g/mol. The molecule has 0 aliphatic heterocycles. The molecule has 1 aliphatic rings. The van der Waals surface area contributed by atoms with Crippen LogP contribution >= 0.6 is 15.9 Å². The van der Waals surface area contributed by atoms with Crippen molar-refractivity contribution in [1.82, 2.24) is 4.14 Å². The van der Waals surface area contributed by atoms with Crippen molar-refractivity contribution in [3.8, 4) is 11.1 Å². The molecule has 0 saturated carbocycles. The summed E-state index contributed by atoms with van der Waals surface area (Å²) in [6.45, 7) is 4.99. The number of aromatic nitrogens is 1. The third-order valence-electron chi connectivity index (χ3n) is 5.84. The Morgan fingerprint density at radius 1 is 0.846 bits per heavy atom. The van der Waals surface area contributed by atoms with Crippen LogP contribution in [0.25, 0.3) is 22.0 Å². The monoisotopic (exact) mass is 415 g/mol. The molecule has 126 valence electrons. The van der Waals surface area contributed by atoms with Gasteiger partial charge in [-0.15, -0.1) is 0 Å². The third-order valence-corrected chi connectivity index (χ3v) is 10.2. The fourth-order valence-corrected chi connectivity index (χ4v) is 8.75. The molecule has 0 spiro atoms. The minimum absolute atomic E-state index is 0.462. The van der Waals surface area contributed by atoms with Crippen molar-refractivity contribution in [1.29, 1.82) is 0 Å². The molecule has 1 aliphatic carbocycles. The Morgan fingerprint density at radius 3 is 2.12 bits per heavy atom. The molecule has 0 unspecified atom stereocenters. The van der Waals surface area contributed by atoms with Crippen molar-refractivity contribution in [3.05, 3.63) is 88.3 Å². The summed E-state index contributed by atoms with van der Waals surface area (Å²) in [7, 11) is 0.409. The summed E-state index contributed by atoms with van der Waals surface area (Å²) in [5.74, 6) is 2.25. The van der Waals surface area contributed by atoms with Crippen LogP contribution in [-0.2, 0) is 0 Å². The number of hydrogen-bond acceptors (Lipinski definition) is 0. The molecule has 0 amide bonds. The van der Waals surface area contributed by atoms with E-state index in [-0.39, 0.29) is 0 Å². The second kappa shape index (κ2) is 5.80. The molecule has 5 rings (SSSR count). The number of nitrogens with zero attached hydrogens (tertiary/aromatic N) is 1. The van der Waals surface area contributed by atoms with Crippen molar-refractivity contribution in [3.63, 3.8) is 0 Å². The van der Waals surface area contributed by atoms with Crippen LogP contribution in [0.15, 0.2) is 77.2 Å². The molecule has 0 N–H and O–H groups in total. The minimum atomic E-state index is -1.89. The Morgan fingerprint density at radius 2 is 1.46 bits per heavy atom. The van der Waals surface area contributed by atoms with Crippen LogP contribution in [0.2, 0.25) is 13.1 Å². The fraction of sp³-hybridized carbons (Fsp3) is 0.136. The Labute approximate surface area is 164 Å². The van der Waals surface area contributed by atoms with Crippen molar-refractivity contribution in [2.45, 2.75) is 18.6 Å². The van der Waals surface area contributed by atoms with E-state index in [2.05, 4.69) is 113 Å². The van der Waals surface area contributed by atoms with Gasteiger partial charge in [-0.2, -0.15) is 0 Å². The van der Waals surface area contributed by atoms with Gasteiger partial charge in [0, 0.05) is 0 Å². The summed E-state index contributed by atoms with van der Waals surface area (Å²) in [4.78, 5) is 0. The van der Waals surface area contributed by atoms with E-state index in [1.54, 1.807) is 0 Å². The molecule has 1 nitrogen and oxygen atoms in total. The molecule has 4 heteroatoms. The van der Waals surface area contributed by atoms with Gasteiger partial charge in [0.05, 0.1) is 0 Å². The van der Waals surface area contributed by atoms with E-state index in [1.807, 2.05) is 0 Å². The second-order valence-corrected chi connectivity index (χ2v) is 12.8. The van der Waals surface area contributed by atoms with Gasteiger partial charge in [0.2, 0.25) is 0 Å². The predicted molar refractivity (Wildman–Crippen MR) is 118 cm³/mol. The zero-order chi connectivity index (χ0) is 17.9. The van der Waals surface area contributed by atoms with Crippen molar-refractivity contribution < 1.29 is 0 Å². The van der Waals surface area contributed by atoms with E-state index < -0.39 is 8.24 Å². The van der Waals surface area contributed by atoms with Gasteiger partial charge in [-0.1, -0.05) is 0 Å². The van der Waals surface area contributed by atoms with Crippen LogP contribution in [-0.4, -0.2) is 19.4 Å². The average Bonchev–Trinajstić information content (AvgIpc) is 3.22. The van der Waals surface area contributed by atoms with Crippen LogP contribution in [0, 0.1) is 0 Å². The normalized spacial score (nSPS) is 13.7. The van der Waals surface area contributed by atoms with Crippen molar-refractivity contribution in [2.75, 3.05) is 0 Å². The average molecular weight is 416 g/mol. The quantitative estimate of drug-likeness (QED) is 0.346. The van der Waals surface area contributed by atoms with Gasteiger partial charge < -0.3 is 0 Å². The molecule has 3 aromatic carbocycles. The van der Waals surface area contributed by atoms with Crippen LogP contribution in [0.3, 0.4) is 0 Å². The van der Waals surface area contributed by atoms with Crippen LogP contribution in [0.1, 0.15) is 16.7 Å². The van der Waals surface area contributed by atoms with Gasteiger partial charge in [0.25, 0.3) is 0 Å². The van der Waals surface area contributed by atoms with Crippen LogP contribution in [0.5, 0.6) is 0 Å². The molecule has 1 aromatic heterocycles. The summed E-state index contributed by atoms with van der Waals surface area (Å²) in [5.41, 5.74) is 7.59. The van der Waals surface area contributed by atoms with E-state index in [1.165, 1.54) is 37.6 Å². The summed E-state index contributed by atoms with van der Waals surface area (Å²) in [6.07, 6.45) is 0. The van der Waals surface area contributed by atoms with Crippen LogP contribution < -0.4 is 0 Å². The Balaban J connectivity index is 1.77. The Bertz CT molecular complexity index is 1100. The van der Waals surface area contributed by atoms with E-state index in [0.717, 1.165) is 0 Å². The molecule has 26 heavy (non-hydrogen) atoms. The first-order valence-corrected chi connectivity index (χ1v) is 12.8. The van der Waals surface area contributed by atoms with Gasteiger partial charge in [-0.3, -0.25) is 0 Å². The first kappa shape index (κ1) is 16.3. The number of rotatable bonds is 2. The summed E-state index contributed by atoms with van der Waals surface area (Å²) >= 11 is 3.71. The molecular formula is C22H19BBrNSi. The Hall–Kier alpha value is -1.91. The molecule has 0 saturated heterocycles. The standard InChI is InChI=1S/C22H19BBrNSi/c1-26(2,25-21-13-7-12-20(24)19(21)14-23-25)22-17-10-5-3-8-15(17)16-9-4-6-11-18(16)22/h3-14,22H,1-2H3. The zero-order valence-electron chi connectivity index (χ0n) is 14.9. The van der Waals surface area contributed by atoms with Gasteiger partial charge in [-0.25, -0.2) is 0 Å². The van der Waals surface area contributed by atoms with Crippen LogP contribution in [0.4, 0.5) is 0 Å². The number of benzene rings is 3. The van der Waals surface area contributed by atoms with E-state index in [9.17, 15) is 0 Å². The number of hydrogen-bond donors (Lipinski definition) is 0. The van der Waals surface area contributed by atoms with Gasteiger partial charge in [-0.05, 0) is 0 Å². The van der Waals surface area contributed by atoms with Gasteiger partial charge >= 0.3 is 164 Å². The number of fused-ring (bicyclic) bond motifs is 4. The maximum atomic E-state index is 3.71. The topological polar surface area (TPSA) is 4.93 Å². The molecule has 0 bridgehead atoms. The first-order valence-electron chi connectivity index (χ1n) is 9.03. The van der Waals surface area contributed by atoms with Crippen molar-refractivity contribution in [2.24, 2.45) is 0 Å². The SMILES string of the molecule is C[Si](C)(C1c2ccccc2-c2ccccc21)n1bcc2c(Br)cccc21. The van der Waals surface area contributed by atoms with E-state index in [0.29, 0.717) is 5.54 Å². The summed E-state index contributed by atoms with van der Waals surface area (Å²) in [6, 6.07) is 24.4. The molecule has 4 aromatic rings. The zero-order valence-corrected chi connectivity index (χ0v) is 17.5. The predicted octanol–water partition coefficient (Wildman–Crippen LogP) is 6.15. The third kappa shape index (κ3) is 2.18. The number of halogens is 1. The molecule has 0 atom stereocenters. The molecule has 1 heterocycles. The molecule has 0 radical (unpaired) electrons. The van der Waals surface area contributed by atoms with E-state index >= 15 is 0 Å². The molecule has 0 fully saturated rings.